The largest absolute Gasteiger partial charge is 0.365 e. The monoisotopic (exact) mass is 340 g/mol. The zero-order valence-corrected chi connectivity index (χ0v) is 13.7. The van der Waals surface area contributed by atoms with Gasteiger partial charge in [0.2, 0.25) is 0 Å². The number of aromatic nitrogens is 3. The lowest BCUT2D eigenvalue weighted by atomic mass is 10.2. The number of nitrogens with one attached hydrogen (secondary N) is 1. The zero-order valence-electron chi connectivity index (χ0n) is 12.9. The van der Waals surface area contributed by atoms with Crippen LogP contribution >= 0.6 is 11.6 Å². The Bertz CT molecular complexity index is 1040. The van der Waals surface area contributed by atoms with Crippen molar-refractivity contribution in [3.05, 3.63) is 70.6 Å². The third-order valence-corrected chi connectivity index (χ3v) is 4.39. The number of benzene rings is 2. The molecule has 0 bridgehead atoms. The van der Waals surface area contributed by atoms with Gasteiger partial charge in [0.15, 0.2) is 5.65 Å². The molecular weight excluding hydrogens is 327 g/mol. The molecule has 0 fully saturated rings. The molecule has 0 aliphatic heterocycles. The summed E-state index contributed by atoms with van der Waals surface area (Å²) in [7, 11) is 0. The summed E-state index contributed by atoms with van der Waals surface area (Å²) in [4.78, 5) is 4.64. The highest BCUT2D eigenvalue weighted by Gasteiger charge is 2.14. The molecule has 1 N–H and O–H groups in total. The molecule has 0 radical (unpaired) electrons. The maximum Gasteiger partial charge on any atom is 0.176 e. The summed E-state index contributed by atoms with van der Waals surface area (Å²) in [6, 6.07) is 14.3. The quantitative estimate of drug-likeness (QED) is 0.593. The van der Waals surface area contributed by atoms with Crippen LogP contribution in [0.5, 0.6) is 0 Å². The third kappa shape index (κ3) is 2.47. The van der Waals surface area contributed by atoms with Gasteiger partial charge in [-0.25, -0.2) is 13.9 Å². The Labute approximate surface area is 142 Å². The number of rotatable bonds is 3. The second kappa shape index (κ2) is 5.76. The van der Waals surface area contributed by atoms with Crippen molar-refractivity contribution >= 4 is 34.0 Å². The van der Waals surface area contributed by atoms with E-state index in [4.69, 9.17) is 11.6 Å². The Hall–Kier alpha value is -2.66. The van der Waals surface area contributed by atoms with E-state index < -0.39 is 0 Å². The van der Waals surface area contributed by atoms with Gasteiger partial charge in [-0.15, -0.1) is 0 Å². The first kappa shape index (κ1) is 14.9. The van der Waals surface area contributed by atoms with Gasteiger partial charge < -0.3 is 5.32 Å². The lowest BCUT2D eigenvalue weighted by molar-refractivity contribution is 0.627. The van der Waals surface area contributed by atoms with E-state index in [1.807, 2.05) is 31.2 Å². The highest BCUT2D eigenvalue weighted by atomic mass is 35.5. The molecule has 4 rings (SSSR count). The minimum absolute atomic E-state index is 0.245. The molecule has 0 aliphatic rings. The maximum atomic E-state index is 13.0. The van der Waals surface area contributed by atoms with Crippen LogP contribution in [0, 0.1) is 12.7 Å². The number of hydrogen-bond acceptors (Lipinski definition) is 3. The molecule has 120 valence electrons. The molecule has 0 amide bonds. The normalized spacial score (nSPS) is 11.3. The van der Waals surface area contributed by atoms with E-state index >= 15 is 0 Å². The second-order valence-corrected chi connectivity index (χ2v) is 5.97. The van der Waals surface area contributed by atoms with Crippen LogP contribution in [-0.2, 0) is 6.54 Å². The van der Waals surface area contributed by atoms with Gasteiger partial charge in [0.1, 0.15) is 16.7 Å². The number of hydrogen-bond donors (Lipinski definition) is 1. The highest BCUT2D eigenvalue weighted by molar-refractivity contribution is 6.34. The first-order chi connectivity index (χ1) is 11.6. The molecule has 24 heavy (non-hydrogen) atoms. The summed E-state index contributed by atoms with van der Waals surface area (Å²) in [5.74, 6) is 0.481. The maximum absolute atomic E-state index is 13.0. The van der Waals surface area contributed by atoms with Crippen LogP contribution in [0.15, 0.2) is 48.5 Å². The molecule has 0 spiro atoms. The molecule has 6 heteroatoms. The number of halogens is 2. The second-order valence-electron chi connectivity index (χ2n) is 5.59. The first-order valence-electron chi connectivity index (χ1n) is 7.55. The molecule has 4 aromatic rings. The number of aryl methyl sites for hydroxylation is 1. The van der Waals surface area contributed by atoms with Gasteiger partial charge in [-0.05, 0) is 36.8 Å². The van der Waals surface area contributed by atoms with Crippen molar-refractivity contribution in [3.63, 3.8) is 0 Å². The fraction of sp³-hybridized carbons (Fsp3) is 0.111. The Morgan fingerprint density at radius 1 is 1.12 bits per heavy atom. The number of fused-ring (bicyclic) bond motifs is 3. The predicted molar refractivity (Wildman–Crippen MR) is 94.0 cm³/mol. The van der Waals surface area contributed by atoms with Crippen molar-refractivity contribution < 1.29 is 4.39 Å². The van der Waals surface area contributed by atoms with E-state index in [1.54, 1.807) is 16.6 Å². The zero-order chi connectivity index (χ0) is 16.7. The summed E-state index contributed by atoms with van der Waals surface area (Å²) < 4.78 is 14.8. The topological polar surface area (TPSA) is 42.2 Å². The van der Waals surface area contributed by atoms with Crippen LogP contribution in [0.1, 0.15) is 11.3 Å². The number of para-hydroxylation sites is 1. The van der Waals surface area contributed by atoms with Crippen molar-refractivity contribution in [2.45, 2.75) is 13.5 Å². The molecule has 0 aliphatic carbocycles. The number of nitrogens with zero attached hydrogens (tertiary/aromatic N) is 3. The molecule has 2 heterocycles. The van der Waals surface area contributed by atoms with E-state index in [1.165, 1.54) is 12.1 Å². The average molecular weight is 341 g/mol. The van der Waals surface area contributed by atoms with Crippen LogP contribution in [0.4, 0.5) is 10.2 Å². The molecule has 2 aromatic heterocycles. The summed E-state index contributed by atoms with van der Waals surface area (Å²) in [5, 5.41) is 9.28. The molecule has 2 aromatic carbocycles. The van der Waals surface area contributed by atoms with Gasteiger partial charge in [-0.1, -0.05) is 35.9 Å². The summed E-state index contributed by atoms with van der Waals surface area (Å²) in [6.45, 7) is 2.40. The minimum atomic E-state index is -0.245. The van der Waals surface area contributed by atoms with Gasteiger partial charge in [0, 0.05) is 11.9 Å². The Morgan fingerprint density at radius 3 is 2.67 bits per heavy atom. The predicted octanol–water partition coefficient (Wildman–Crippen LogP) is 4.60. The van der Waals surface area contributed by atoms with Gasteiger partial charge in [-0.3, -0.25) is 0 Å². The standard InChI is InChI=1S/C18H14ClFN4/c1-11-16(19)18-22-17(21-10-12-6-8-13(20)9-7-12)14-4-2-3-5-15(14)24(18)23-11/h2-9H,10H2,1H3,(H,21,22). The van der Waals surface area contributed by atoms with E-state index in [-0.39, 0.29) is 5.82 Å². The molecule has 0 saturated heterocycles. The molecule has 0 unspecified atom stereocenters. The molecular formula is C18H14ClFN4. The van der Waals surface area contributed by atoms with Crippen molar-refractivity contribution in [1.29, 1.82) is 0 Å². The van der Waals surface area contributed by atoms with Crippen molar-refractivity contribution in [2.24, 2.45) is 0 Å². The summed E-state index contributed by atoms with van der Waals surface area (Å²) in [5.41, 5.74) is 3.26. The molecule has 0 atom stereocenters. The van der Waals surface area contributed by atoms with E-state index in [2.05, 4.69) is 15.4 Å². The molecule has 4 nitrogen and oxygen atoms in total. The van der Waals surface area contributed by atoms with E-state index in [9.17, 15) is 4.39 Å². The van der Waals surface area contributed by atoms with Gasteiger partial charge in [-0.2, -0.15) is 5.10 Å². The van der Waals surface area contributed by atoms with Crippen LogP contribution in [0.3, 0.4) is 0 Å². The minimum Gasteiger partial charge on any atom is -0.365 e. The third-order valence-electron chi connectivity index (χ3n) is 3.94. The fourth-order valence-corrected chi connectivity index (χ4v) is 2.87. The lowest BCUT2D eigenvalue weighted by Crippen LogP contribution is -2.04. The SMILES string of the molecule is Cc1nn2c(nc(NCc3ccc(F)cc3)c3ccccc32)c1Cl. The van der Waals surface area contributed by atoms with Crippen molar-refractivity contribution in [1.82, 2.24) is 14.6 Å². The summed E-state index contributed by atoms with van der Waals surface area (Å²) in [6.07, 6.45) is 0. The number of anilines is 1. The van der Waals surface area contributed by atoms with Gasteiger partial charge in [0.25, 0.3) is 0 Å². The van der Waals surface area contributed by atoms with Crippen molar-refractivity contribution in [3.8, 4) is 0 Å². The Balaban J connectivity index is 1.80. The summed E-state index contributed by atoms with van der Waals surface area (Å²) >= 11 is 6.33. The van der Waals surface area contributed by atoms with E-state index in [0.29, 0.717) is 17.2 Å². The average Bonchev–Trinajstić information content (AvgIpc) is 2.89. The van der Waals surface area contributed by atoms with Crippen LogP contribution in [0.2, 0.25) is 5.02 Å². The van der Waals surface area contributed by atoms with Gasteiger partial charge in [0.05, 0.1) is 11.2 Å². The van der Waals surface area contributed by atoms with Crippen LogP contribution in [-0.4, -0.2) is 14.6 Å². The fourth-order valence-electron chi connectivity index (χ4n) is 2.71. The van der Waals surface area contributed by atoms with E-state index in [0.717, 1.165) is 28.0 Å². The Morgan fingerprint density at radius 2 is 1.88 bits per heavy atom. The highest BCUT2D eigenvalue weighted by Crippen LogP contribution is 2.28. The smallest absolute Gasteiger partial charge is 0.176 e. The van der Waals surface area contributed by atoms with Crippen molar-refractivity contribution in [2.75, 3.05) is 5.32 Å². The molecule has 0 saturated carbocycles. The lowest BCUT2D eigenvalue weighted by Gasteiger charge is -2.10. The van der Waals surface area contributed by atoms with Crippen LogP contribution in [0.25, 0.3) is 16.6 Å². The van der Waals surface area contributed by atoms with Gasteiger partial charge >= 0.3 is 0 Å². The van der Waals surface area contributed by atoms with Crippen LogP contribution < -0.4 is 5.32 Å². The first-order valence-corrected chi connectivity index (χ1v) is 7.93. The Kier molecular flexibility index (Phi) is 3.58.